The summed E-state index contributed by atoms with van der Waals surface area (Å²) in [7, 11) is -3.92. The van der Waals surface area contributed by atoms with Crippen LogP contribution in [0.2, 0.25) is 5.02 Å². The fraction of sp³-hybridized carbons (Fsp3) is 0.538. The molecule has 5 nitrogen and oxygen atoms in total. The van der Waals surface area contributed by atoms with Crippen molar-refractivity contribution in [3.63, 3.8) is 0 Å². The highest BCUT2D eigenvalue weighted by atomic mass is 35.5. The summed E-state index contributed by atoms with van der Waals surface area (Å²) in [5.41, 5.74) is 0. The van der Waals surface area contributed by atoms with Gasteiger partial charge in [-0.25, -0.2) is 12.8 Å². The lowest BCUT2D eigenvalue weighted by Gasteiger charge is -2.34. The number of rotatable bonds is 5. The summed E-state index contributed by atoms with van der Waals surface area (Å²) in [6.45, 7) is 2.54. The monoisotopic (exact) mass is 336 g/mol. The number of aliphatic hydroxyl groups excluding tert-OH is 1. The highest BCUT2D eigenvalue weighted by Gasteiger charge is 2.32. The number of hydrogen-bond donors (Lipinski definition) is 1. The van der Waals surface area contributed by atoms with E-state index in [1.807, 2.05) is 0 Å². The van der Waals surface area contributed by atoms with Gasteiger partial charge in [-0.3, -0.25) is 0 Å². The van der Waals surface area contributed by atoms with Crippen molar-refractivity contribution in [3.8, 4) is 0 Å². The van der Waals surface area contributed by atoms with Crippen molar-refractivity contribution in [2.75, 3.05) is 39.3 Å². The van der Waals surface area contributed by atoms with Crippen LogP contribution in [0.4, 0.5) is 4.39 Å². The molecule has 0 atom stereocenters. The van der Waals surface area contributed by atoms with E-state index in [1.165, 1.54) is 16.4 Å². The third kappa shape index (κ3) is 3.73. The van der Waals surface area contributed by atoms with Crippen LogP contribution in [0, 0.1) is 5.82 Å². The molecule has 1 aromatic rings. The zero-order valence-corrected chi connectivity index (χ0v) is 13.1. The Morgan fingerprint density at radius 3 is 2.48 bits per heavy atom. The summed E-state index contributed by atoms with van der Waals surface area (Å²) in [5, 5.41) is 8.70. The number of sulfonamides is 1. The number of hydrogen-bond acceptors (Lipinski definition) is 4. The van der Waals surface area contributed by atoms with Crippen molar-refractivity contribution in [2.45, 2.75) is 11.3 Å². The Bertz CT molecular complexity index is 569. The molecule has 0 unspecified atom stereocenters. The smallest absolute Gasteiger partial charge is 0.247 e. The van der Waals surface area contributed by atoms with Crippen LogP contribution in [0.3, 0.4) is 0 Å². The first kappa shape index (κ1) is 16.6. The van der Waals surface area contributed by atoms with Gasteiger partial charge in [0.05, 0.1) is 5.02 Å². The molecule has 0 bridgehead atoms. The molecular weight excluding hydrogens is 319 g/mol. The number of nitrogens with zero attached hydrogens (tertiary/aromatic N) is 2. The minimum Gasteiger partial charge on any atom is -0.396 e. The Morgan fingerprint density at radius 1 is 1.24 bits per heavy atom. The second kappa shape index (κ2) is 7.02. The van der Waals surface area contributed by atoms with E-state index >= 15 is 0 Å². The molecule has 8 heteroatoms. The number of piperazine rings is 1. The van der Waals surface area contributed by atoms with E-state index in [-0.39, 0.29) is 11.6 Å². The molecule has 0 saturated carbocycles. The second-order valence-electron chi connectivity index (χ2n) is 4.87. The van der Waals surface area contributed by atoms with Gasteiger partial charge in [0, 0.05) is 39.3 Å². The van der Waals surface area contributed by atoms with E-state index in [0.29, 0.717) is 32.6 Å². The standard InChI is InChI=1S/C13H18ClFN2O3S/c14-11-3-1-4-12(15)13(11)21(19,20)17-8-6-16(7-9-17)5-2-10-18/h1,3-4,18H,2,5-10H2. The maximum absolute atomic E-state index is 13.8. The van der Waals surface area contributed by atoms with Crippen LogP contribution in [0.1, 0.15) is 6.42 Å². The molecule has 0 radical (unpaired) electrons. The zero-order valence-electron chi connectivity index (χ0n) is 11.5. The van der Waals surface area contributed by atoms with E-state index in [0.717, 1.165) is 12.6 Å². The maximum Gasteiger partial charge on any atom is 0.247 e. The van der Waals surface area contributed by atoms with Gasteiger partial charge in [-0.1, -0.05) is 17.7 Å². The predicted molar refractivity (Wildman–Crippen MR) is 78.3 cm³/mol. The zero-order chi connectivity index (χ0) is 15.5. The van der Waals surface area contributed by atoms with Crippen molar-refractivity contribution in [1.82, 2.24) is 9.21 Å². The van der Waals surface area contributed by atoms with Gasteiger partial charge < -0.3 is 10.0 Å². The third-order valence-electron chi connectivity index (χ3n) is 3.48. The molecule has 2 rings (SSSR count). The van der Waals surface area contributed by atoms with Crippen molar-refractivity contribution in [1.29, 1.82) is 0 Å². The topological polar surface area (TPSA) is 60.9 Å². The van der Waals surface area contributed by atoms with Crippen LogP contribution in [0.25, 0.3) is 0 Å². The average Bonchev–Trinajstić information content (AvgIpc) is 2.45. The summed E-state index contributed by atoms with van der Waals surface area (Å²) in [6.07, 6.45) is 0.659. The summed E-state index contributed by atoms with van der Waals surface area (Å²) in [5.74, 6) is -0.829. The minimum absolute atomic E-state index is 0.0993. The van der Waals surface area contributed by atoms with E-state index < -0.39 is 20.7 Å². The molecule has 0 aliphatic carbocycles. The van der Waals surface area contributed by atoms with E-state index in [1.54, 1.807) is 0 Å². The molecule has 0 aromatic heterocycles. The molecule has 1 aliphatic rings. The maximum atomic E-state index is 13.8. The fourth-order valence-corrected chi connectivity index (χ4v) is 4.33. The summed E-state index contributed by atoms with van der Waals surface area (Å²) in [6, 6.07) is 3.84. The van der Waals surface area contributed by atoms with Crippen LogP contribution >= 0.6 is 11.6 Å². The van der Waals surface area contributed by atoms with Gasteiger partial charge in [-0.2, -0.15) is 4.31 Å². The molecule has 0 spiro atoms. The van der Waals surface area contributed by atoms with Gasteiger partial charge in [0.1, 0.15) is 10.7 Å². The van der Waals surface area contributed by atoms with Gasteiger partial charge in [0.25, 0.3) is 0 Å². The van der Waals surface area contributed by atoms with Crippen molar-refractivity contribution < 1.29 is 17.9 Å². The fourth-order valence-electron chi connectivity index (χ4n) is 2.35. The largest absolute Gasteiger partial charge is 0.396 e. The number of benzene rings is 1. The molecule has 1 N–H and O–H groups in total. The number of halogens is 2. The molecule has 1 saturated heterocycles. The molecule has 21 heavy (non-hydrogen) atoms. The number of aliphatic hydroxyl groups is 1. The second-order valence-corrected chi connectivity index (χ2v) is 7.16. The van der Waals surface area contributed by atoms with Crippen molar-refractivity contribution in [3.05, 3.63) is 29.0 Å². The quantitative estimate of drug-likeness (QED) is 0.877. The molecule has 1 aliphatic heterocycles. The Balaban J connectivity index is 2.12. The predicted octanol–water partition coefficient (Wildman–Crippen LogP) is 1.17. The van der Waals surface area contributed by atoms with Crippen molar-refractivity contribution >= 4 is 21.6 Å². The van der Waals surface area contributed by atoms with Gasteiger partial charge in [0.15, 0.2) is 0 Å². The van der Waals surface area contributed by atoms with Crippen LogP contribution in [0.15, 0.2) is 23.1 Å². The Hall–Kier alpha value is -0.730. The summed E-state index contributed by atoms with van der Waals surface area (Å²) in [4.78, 5) is 1.63. The third-order valence-corrected chi connectivity index (χ3v) is 5.88. The van der Waals surface area contributed by atoms with E-state index in [2.05, 4.69) is 4.90 Å². The Labute approximate surface area is 129 Å². The first-order valence-corrected chi connectivity index (χ1v) is 8.56. The van der Waals surface area contributed by atoms with Crippen LogP contribution < -0.4 is 0 Å². The van der Waals surface area contributed by atoms with Gasteiger partial charge in [-0.05, 0) is 18.6 Å². The van der Waals surface area contributed by atoms with Gasteiger partial charge in [-0.15, -0.1) is 0 Å². The lowest BCUT2D eigenvalue weighted by Crippen LogP contribution is -2.49. The van der Waals surface area contributed by atoms with Crippen LogP contribution in [-0.2, 0) is 10.0 Å². The molecule has 1 aromatic carbocycles. The molecule has 118 valence electrons. The van der Waals surface area contributed by atoms with Gasteiger partial charge >= 0.3 is 0 Å². The molecule has 1 heterocycles. The summed E-state index contributed by atoms with van der Waals surface area (Å²) >= 11 is 5.85. The molecule has 0 amide bonds. The normalized spacial score (nSPS) is 18.0. The van der Waals surface area contributed by atoms with Crippen LogP contribution in [0.5, 0.6) is 0 Å². The van der Waals surface area contributed by atoms with E-state index in [4.69, 9.17) is 16.7 Å². The Morgan fingerprint density at radius 2 is 1.90 bits per heavy atom. The highest BCUT2D eigenvalue weighted by Crippen LogP contribution is 2.27. The van der Waals surface area contributed by atoms with Crippen molar-refractivity contribution in [2.24, 2.45) is 0 Å². The summed E-state index contributed by atoms with van der Waals surface area (Å²) < 4.78 is 40.1. The molecule has 1 fully saturated rings. The Kier molecular flexibility index (Phi) is 5.56. The van der Waals surface area contributed by atoms with E-state index in [9.17, 15) is 12.8 Å². The first-order valence-electron chi connectivity index (χ1n) is 6.74. The lowest BCUT2D eigenvalue weighted by molar-refractivity contribution is 0.171. The first-order chi connectivity index (χ1) is 9.96. The minimum atomic E-state index is -3.92. The van der Waals surface area contributed by atoms with Crippen LogP contribution in [-0.4, -0.2) is 62.1 Å². The lowest BCUT2D eigenvalue weighted by atomic mass is 10.3. The highest BCUT2D eigenvalue weighted by molar-refractivity contribution is 7.89. The average molecular weight is 337 g/mol. The van der Waals surface area contributed by atoms with Gasteiger partial charge in [0.2, 0.25) is 10.0 Å². The SMILES string of the molecule is O=S(=O)(c1c(F)cccc1Cl)N1CCN(CCCO)CC1. The molecular formula is C13H18ClFN2O3S.